The summed E-state index contributed by atoms with van der Waals surface area (Å²) in [4.78, 5) is 40.9. The van der Waals surface area contributed by atoms with Crippen molar-refractivity contribution in [3.05, 3.63) is 59.0 Å². The minimum absolute atomic E-state index is 0.00153. The van der Waals surface area contributed by atoms with E-state index in [1.165, 1.54) is 12.8 Å². The molecule has 0 aliphatic carbocycles. The van der Waals surface area contributed by atoms with E-state index in [9.17, 15) is 9.59 Å². The molecule has 2 fully saturated rings. The van der Waals surface area contributed by atoms with Gasteiger partial charge in [-0.3, -0.25) is 14.3 Å². The number of hydrogen-bond acceptors (Lipinski definition) is 5. The molecule has 1 amide bonds. The van der Waals surface area contributed by atoms with Gasteiger partial charge in [-0.15, -0.1) is 0 Å². The monoisotopic (exact) mass is 448 g/mol. The highest BCUT2D eigenvalue weighted by atomic mass is 16.2. The zero-order valence-corrected chi connectivity index (χ0v) is 19.0. The molecule has 2 aliphatic heterocycles. The van der Waals surface area contributed by atoms with Gasteiger partial charge in [-0.1, -0.05) is 12.1 Å². The number of H-pyrrole nitrogens is 1. The van der Waals surface area contributed by atoms with Crippen molar-refractivity contribution in [3.8, 4) is 0 Å². The van der Waals surface area contributed by atoms with Gasteiger partial charge in [0.1, 0.15) is 5.69 Å². The standard InChI is InChI=1S/C25H32N6O2/c32-24(22-18-26-11-12-27-22)30-13-3-4-19(8-17-30)7-14-29-15-9-20(10-16-29)31-23-6-2-1-5-21(23)28-25(31)33/h1-2,5-6,11-12,18-20H,3-4,7-10,13-17H2,(H,28,33)/t19-/m0/s1. The predicted octanol–water partition coefficient (Wildman–Crippen LogP) is 3.09. The third-order valence-corrected chi connectivity index (χ3v) is 7.32. The fourth-order valence-electron chi connectivity index (χ4n) is 5.43. The number of rotatable bonds is 5. The van der Waals surface area contributed by atoms with Gasteiger partial charge in [0.15, 0.2) is 0 Å². The van der Waals surface area contributed by atoms with Gasteiger partial charge in [-0.2, -0.15) is 0 Å². The van der Waals surface area contributed by atoms with Crippen LogP contribution < -0.4 is 5.69 Å². The molecule has 2 aliphatic rings. The topological polar surface area (TPSA) is 87.1 Å². The summed E-state index contributed by atoms with van der Waals surface area (Å²) >= 11 is 0. The van der Waals surface area contributed by atoms with E-state index in [2.05, 4.69) is 19.9 Å². The zero-order valence-electron chi connectivity index (χ0n) is 19.0. The number of piperidine rings is 1. The van der Waals surface area contributed by atoms with Crippen molar-refractivity contribution in [2.75, 3.05) is 32.7 Å². The molecule has 4 heterocycles. The number of fused-ring (bicyclic) bond motifs is 1. The molecule has 8 heteroatoms. The number of imidazole rings is 1. The lowest BCUT2D eigenvalue weighted by Gasteiger charge is -2.33. The van der Waals surface area contributed by atoms with Crippen LogP contribution >= 0.6 is 0 Å². The maximum Gasteiger partial charge on any atom is 0.326 e. The first-order chi connectivity index (χ1) is 16.2. The van der Waals surface area contributed by atoms with Crippen molar-refractivity contribution < 1.29 is 4.79 Å². The smallest absolute Gasteiger partial charge is 0.326 e. The Morgan fingerprint density at radius 1 is 1.03 bits per heavy atom. The van der Waals surface area contributed by atoms with Crippen LogP contribution in [0.15, 0.2) is 47.7 Å². The molecular formula is C25H32N6O2. The van der Waals surface area contributed by atoms with Crippen molar-refractivity contribution in [2.45, 2.75) is 44.6 Å². The molecular weight excluding hydrogens is 416 g/mol. The molecule has 0 unspecified atom stereocenters. The van der Waals surface area contributed by atoms with Crippen molar-refractivity contribution in [3.63, 3.8) is 0 Å². The van der Waals surface area contributed by atoms with Crippen molar-refractivity contribution >= 4 is 16.9 Å². The first kappa shape index (κ1) is 21.8. The maximum atomic E-state index is 12.7. The number of carbonyl (C=O) groups is 1. The van der Waals surface area contributed by atoms with Crippen LogP contribution in [0.25, 0.3) is 11.0 Å². The number of benzene rings is 1. The lowest BCUT2D eigenvalue weighted by atomic mass is 9.96. The minimum Gasteiger partial charge on any atom is -0.337 e. The summed E-state index contributed by atoms with van der Waals surface area (Å²) in [6.45, 7) is 4.75. The third kappa shape index (κ3) is 4.85. The number of para-hydroxylation sites is 2. The molecule has 0 radical (unpaired) electrons. The molecule has 0 spiro atoms. The second kappa shape index (κ2) is 9.87. The van der Waals surface area contributed by atoms with E-state index in [1.54, 1.807) is 18.6 Å². The number of nitrogens with zero attached hydrogens (tertiary/aromatic N) is 5. The highest BCUT2D eigenvalue weighted by Crippen LogP contribution is 2.27. The van der Waals surface area contributed by atoms with E-state index in [0.29, 0.717) is 11.6 Å². The highest BCUT2D eigenvalue weighted by molar-refractivity contribution is 5.91. The van der Waals surface area contributed by atoms with E-state index in [1.807, 2.05) is 33.7 Å². The molecule has 3 aromatic rings. The Bertz CT molecular complexity index is 1130. The van der Waals surface area contributed by atoms with Crippen LogP contribution in [-0.4, -0.2) is 67.9 Å². The van der Waals surface area contributed by atoms with Gasteiger partial charge in [0.2, 0.25) is 0 Å². The Balaban J connectivity index is 1.10. The zero-order chi connectivity index (χ0) is 22.6. The molecule has 1 atom stereocenters. The minimum atomic E-state index is -0.00153. The molecule has 8 nitrogen and oxygen atoms in total. The SMILES string of the molecule is O=C(c1cnccn1)N1CCC[C@@H](CCN2CCC(n3c(=O)[nH]c4ccccc43)CC2)CC1. The third-order valence-electron chi connectivity index (χ3n) is 7.32. The lowest BCUT2D eigenvalue weighted by Crippen LogP contribution is -2.38. The van der Waals surface area contributed by atoms with Crippen LogP contribution in [0, 0.1) is 5.92 Å². The largest absolute Gasteiger partial charge is 0.337 e. The molecule has 2 aromatic heterocycles. The van der Waals surface area contributed by atoms with Gasteiger partial charge in [0, 0.05) is 44.6 Å². The van der Waals surface area contributed by atoms with Gasteiger partial charge in [-0.25, -0.2) is 9.78 Å². The maximum absolute atomic E-state index is 12.7. The molecule has 0 saturated carbocycles. The molecule has 174 valence electrons. The summed E-state index contributed by atoms with van der Waals surface area (Å²) in [6, 6.07) is 8.23. The number of aromatic nitrogens is 4. The number of hydrogen-bond donors (Lipinski definition) is 1. The van der Waals surface area contributed by atoms with E-state index in [4.69, 9.17) is 0 Å². The van der Waals surface area contributed by atoms with Crippen LogP contribution in [0.1, 0.15) is 55.1 Å². The fourth-order valence-corrected chi connectivity index (χ4v) is 5.43. The quantitative estimate of drug-likeness (QED) is 0.648. The molecule has 33 heavy (non-hydrogen) atoms. The molecule has 2 saturated heterocycles. The van der Waals surface area contributed by atoms with Gasteiger partial charge < -0.3 is 14.8 Å². The van der Waals surface area contributed by atoms with Crippen molar-refractivity contribution in [2.24, 2.45) is 5.92 Å². The first-order valence-electron chi connectivity index (χ1n) is 12.2. The van der Waals surface area contributed by atoms with Crippen molar-refractivity contribution in [1.29, 1.82) is 0 Å². The lowest BCUT2D eigenvalue weighted by molar-refractivity contribution is 0.0753. The number of likely N-dealkylation sites (tertiary alicyclic amines) is 2. The van der Waals surface area contributed by atoms with Gasteiger partial charge >= 0.3 is 5.69 Å². The van der Waals surface area contributed by atoms with Gasteiger partial charge in [0.25, 0.3) is 5.91 Å². The fraction of sp³-hybridized carbons (Fsp3) is 0.520. The number of nitrogens with one attached hydrogen (secondary N) is 1. The molecule has 1 N–H and O–H groups in total. The summed E-state index contributed by atoms with van der Waals surface area (Å²) in [6.07, 6.45) is 11.2. The Labute approximate surface area is 193 Å². The Kier molecular flexibility index (Phi) is 6.53. The Hall–Kier alpha value is -3.00. The summed E-state index contributed by atoms with van der Waals surface area (Å²) in [5.74, 6) is 0.650. The van der Waals surface area contributed by atoms with E-state index >= 15 is 0 Å². The first-order valence-corrected chi connectivity index (χ1v) is 12.2. The summed E-state index contributed by atoms with van der Waals surface area (Å²) in [5, 5.41) is 0. The van der Waals surface area contributed by atoms with Crippen LogP contribution in [-0.2, 0) is 0 Å². The second-order valence-corrected chi connectivity index (χ2v) is 9.36. The molecule has 0 bridgehead atoms. The number of amides is 1. The highest BCUT2D eigenvalue weighted by Gasteiger charge is 2.26. The van der Waals surface area contributed by atoms with Crippen LogP contribution in [0.4, 0.5) is 0 Å². The van der Waals surface area contributed by atoms with Crippen LogP contribution in [0.3, 0.4) is 0 Å². The molecule has 1 aromatic carbocycles. The average molecular weight is 449 g/mol. The van der Waals surface area contributed by atoms with E-state index in [0.717, 1.165) is 69.4 Å². The molecule has 5 rings (SSSR count). The summed E-state index contributed by atoms with van der Waals surface area (Å²) < 4.78 is 1.96. The van der Waals surface area contributed by atoms with E-state index < -0.39 is 0 Å². The van der Waals surface area contributed by atoms with Gasteiger partial charge in [0.05, 0.1) is 17.2 Å². The van der Waals surface area contributed by atoms with Crippen molar-refractivity contribution in [1.82, 2.24) is 29.3 Å². The van der Waals surface area contributed by atoms with E-state index in [-0.39, 0.29) is 17.6 Å². The second-order valence-electron chi connectivity index (χ2n) is 9.36. The van der Waals surface area contributed by atoms with Gasteiger partial charge in [-0.05, 0) is 63.1 Å². The summed E-state index contributed by atoms with van der Waals surface area (Å²) in [7, 11) is 0. The van der Waals surface area contributed by atoms with Crippen LogP contribution in [0.5, 0.6) is 0 Å². The normalized spacial score (nSPS) is 20.7. The average Bonchev–Trinajstić information content (AvgIpc) is 3.02. The number of aromatic amines is 1. The summed E-state index contributed by atoms with van der Waals surface area (Å²) in [5.41, 5.74) is 2.38. The van der Waals surface area contributed by atoms with Crippen LogP contribution in [0.2, 0.25) is 0 Å². The Morgan fingerprint density at radius 2 is 1.88 bits per heavy atom. The number of carbonyl (C=O) groups excluding carboxylic acids is 1. The Morgan fingerprint density at radius 3 is 2.70 bits per heavy atom. The predicted molar refractivity (Wildman–Crippen MR) is 127 cm³/mol.